The number of rotatable bonds is 2. The minimum absolute atomic E-state index is 0.268. The van der Waals surface area contributed by atoms with Crippen molar-refractivity contribution in [3.05, 3.63) is 0 Å². The van der Waals surface area contributed by atoms with Crippen LogP contribution in [0.5, 0.6) is 0 Å². The molecule has 5 heteroatoms. The summed E-state index contributed by atoms with van der Waals surface area (Å²) in [5.41, 5.74) is 7.27. The molecule has 1 atom stereocenters. The van der Waals surface area contributed by atoms with Gasteiger partial charge in [0.15, 0.2) is 0 Å². The number of ether oxygens (including phenoxy) is 1. The van der Waals surface area contributed by atoms with Gasteiger partial charge in [-0.2, -0.15) is 0 Å². The number of nitrogens with two attached hydrogens (primary N) is 1. The van der Waals surface area contributed by atoms with E-state index in [0.29, 0.717) is 0 Å². The predicted molar refractivity (Wildman–Crippen MR) is 36.1 cm³/mol. The maximum atomic E-state index is 10.6. The van der Waals surface area contributed by atoms with Crippen LogP contribution in [0.1, 0.15) is 6.92 Å². The van der Waals surface area contributed by atoms with Gasteiger partial charge in [0, 0.05) is 0 Å². The molecule has 0 aliphatic heterocycles. The van der Waals surface area contributed by atoms with Gasteiger partial charge in [0.1, 0.15) is 0 Å². The van der Waals surface area contributed by atoms with Crippen molar-refractivity contribution in [2.45, 2.75) is 13.0 Å². The van der Waals surface area contributed by atoms with Gasteiger partial charge < -0.3 is 0 Å². The average Bonchev–Trinajstić information content (AvgIpc) is 1.89. The zero-order valence-corrected chi connectivity index (χ0v) is 6.43. The summed E-state index contributed by atoms with van der Waals surface area (Å²) in [6.45, 7) is 1.93. The molecule has 0 aromatic heterocycles. The molecule has 0 aliphatic carbocycles. The molecule has 0 aliphatic rings. The van der Waals surface area contributed by atoms with Crippen LogP contribution >= 0.6 is 7.92 Å². The van der Waals surface area contributed by atoms with E-state index in [1.807, 2.05) is 0 Å². The number of hydrogen-bond acceptors (Lipinski definition) is 4. The summed E-state index contributed by atoms with van der Waals surface area (Å²) in [6, 6.07) is -1.00. The fourth-order valence-electron chi connectivity index (χ4n) is 0.342. The molecule has 0 amide bonds. The van der Waals surface area contributed by atoms with Crippen LogP contribution in [0.15, 0.2) is 0 Å². The Morgan fingerprint density at radius 2 is 2.50 bits per heavy atom. The van der Waals surface area contributed by atoms with E-state index in [9.17, 15) is 9.36 Å². The Morgan fingerprint density at radius 3 is 2.90 bits per heavy atom. The Bertz CT molecular complexity index is 208. The Balaban J connectivity index is 3.90. The topological polar surface area (TPSA) is 69.4 Å². The molecule has 56 valence electrons. The Labute approximate surface area is 59.9 Å². The molecule has 0 aromatic carbocycles. The van der Waals surface area contributed by atoms with E-state index in [1.54, 1.807) is 6.92 Å². The molecule has 4 nitrogen and oxygen atoms in total. The number of carbonyl (C=O) groups is 1. The van der Waals surface area contributed by atoms with Crippen LogP contribution in [0.2, 0.25) is 0 Å². The summed E-state index contributed by atoms with van der Waals surface area (Å²) in [7, 11) is -0.376. The van der Waals surface area contributed by atoms with Crippen molar-refractivity contribution in [1.82, 2.24) is 0 Å². The molecule has 0 rings (SSSR count). The SMILES string of the molecule is CCOC(=O)C(N)C#P=O. The Kier molecular flexibility index (Phi) is 4.95. The second-order valence-electron chi connectivity index (χ2n) is 1.45. The first kappa shape index (κ1) is 9.44. The van der Waals surface area contributed by atoms with E-state index in [-0.39, 0.29) is 14.5 Å². The fourth-order valence-corrected chi connectivity index (χ4v) is 0.560. The first-order chi connectivity index (χ1) is 4.72. The quantitative estimate of drug-likeness (QED) is 0.461. The molecule has 0 spiro atoms. The normalized spacial score (nSPS) is 11.4. The first-order valence-electron chi connectivity index (χ1n) is 2.72. The Hall–Kier alpha value is -0.560. The molecule has 1 unspecified atom stereocenters. The van der Waals surface area contributed by atoms with Gasteiger partial charge in [0.05, 0.1) is 0 Å². The predicted octanol–water partition coefficient (Wildman–Crippen LogP) is 0.128. The average molecular weight is 161 g/mol. The van der Waals surface area contributed by atoms with Gasteiger partial charge in [0.2, 0.25) is 0 Å². The van der Waals surface area contributed by atoms with Crippen LogP contribution < -0.4 is 5.73 Å². The second-order valence-corrected chi connectivity index (χ2v) is 1.89. The van der Waals surface area contributed by atoms with Crippen molar-refractivity contribution in [2.24, 2.45) is 5.73 Å². The molecule has 0 saturated heterocycles. The van der Waals surface area contributed by atoms with E-state index in [1.165, 1.54) is 0 Å². The summed E-state index contributed by atoms with van der Waals surface area (Å²) in [6.07, 6.45) is 0. The van der Waals surface area contributed by atoms with Gasteiger partial charge in [-0.1, -0.05) is 0 Å². The van der Waals surface area contributed by atoms with Crippen molar-refractivity contribution in [3.8, 4) is 5.63 Å². The fraction of sp³-hybridized carbons (Fsp3) is 0.600. The molecule has 0 heterocycles. The van der Waals surface area contributed by atoms with E-state index in [2.05, 4.69) is 10.4 Å². The van der Waals surface area contributed by atoms with E-state index in [4.69, 9.17) is 5.73 Å². The number of carbonyl (C=O) groups excluding carboxylic acids is 1. The number of esters is 1. The molecule has 10 heavy (non-hydrogen) atoms. The maximum absolute atomic E-state index is 10.6. The van der Waals surface area contributed by atoms with E-state index >= 15 is 0 Å². The zero-order chi connectivity index (χ0) is 7.98. The summed E-state index contributed by atoms with van der Waals surface area (Å²) >= 11 is 0. The van der Waals surface area contributed by atoms with E-state index in [0.717, 1.165) is 0 Å². The molecular weight excluding hydrogens is 153 g/mol. The third-order valence-corrected chi connectivity index (χ3v) is 1.12. The van der Waals surface area contributed by atoms with Crippen molar-refractivity contribution in [3.63, 3.8) is 0 Å². The molecule has 0 saturated carbocycles. The minimum atomic E-state index is -1.00. The van der Waals surface area contributed by atoms with E-state index < -0.39 is 12.0 Å². The standard InChI is InChI=1S/C5H8NO3P/c1-2-9-5(7)4(6)3-10-8/h4H,2,6H2,1H3. The van der Waals surface area contributed by atoms with Crippen LogP contribution in [0.4, 0.5) is 0 Å². The van der Waals surface area contributed by atoms with Crippen LogP contribution in [-0.2, 0) is 14.1 Å². The summed E-state index contributed by atoms with van der Waals surface area (Å²) < 4.78 is 14.3. The molecule has 2 N–H and O–H groups in total. The molecule has 0 radical (unpaired) electrons. The third-order valence-electron chi connectivity index (χ3n) is 0.732. The third kappa shape index (κ3) is 3.46. The van der Waals surface area contributed by atoms with Gasteiger partial charge >= 0.3 is 58.9 Å². The second kappa shape index (κ2) is 5.24. The van der Waals surface area contributed by atoms with Crippen molar-refractivity contribution < 1.29 is 14.1 Å². The van der Waals surface area contributed by atoms with Gasteiger partial charge in [-0.15, -0.1) is 0 Å². The monoisotopic (exact) mass is 161 g/mol. The van der Waals surface area contributed by atoms with Gasteiger partial charge in [0.25, 0.3) is 0 Å². The van der Waals surface area contributed by atoms with Gasteiger partial charge in [-0.25, -0.2) is 0 Å². The molecular formula is C5H8NO3P. The van der Waals surface area contributed by atoms with Crippen molar-refractivity contribution in [1.29, 1.82) is 0 Å². The zero-order valence-electron chi connectivity index (χ0n) is 5.53. The molecule has 0 bridgehead atoms. The van der Waals surface area contributed by atoms with Crippen LogP contribution in [0, 0.1) is 5.63 Å². The molecule has 0 aromatic rings. The van der Waals surface area contributed by atoms with Crippen LogP contribution in [0.3, 0.4) is 0 Å². The summed E-state index contributed by atoms with van der Waals surface area (Å²) in [4.78, 5) is 10.6. The van der Waals surface area contributed by atoms with Crippen LogP contribution in [0.25, 0.3) is 0 Å². The summed E-state index contributed by atoms with van der Waals surface area (Å²) in [5.74, 6) is -0.606. The number of hydrogen-bond donors (Lipinski definition) is 1. The Morgan fingerprint density at radius 1 is 1.90 bits per heavy atom. The van der Waals surface area contributed by atoms with Crippen molar-refractivity contribution in [2.75, 3.05) is 6.61 Å². The van der Waals surface area contributed by atoms with Gasteiger partial charge in [-0.05, 0) is 0 Å². The molecule has 0 fully saturated rings. The first-order valence-corrected chi connectivity index (χ1v) is 3.53. The van der Waals surface area contributed by atoms with Gasteiger partial charge in [-0.3, -0.25) is 0 Å². The van der Waals surface area contributed by atoms with Crippen LogP contribution in [-0.4, -0.2) is 18.6 Å². The van der Waals surface area contributed by atoms with Crippen molar-refractivity contribution >= 4 is 13.9 Å². The summed E-state index contributed by atoms with van der Waals surface area (Å²) in [5, 5.41) is 0.